The summed E-state index contributed by atoms with van der Waals surface area (Å²) in [6.07, 6.45) is 3.43. The van der Waals surface area contributed by atoms with Gasteiger partial charge in [0, 0.05) is 11.9 Å². The summed E-state index contributed by atoms with van der Waals surface area (Å²) in [5.74, 6) is 0.475. The zero-order valence-electron chi connectivity index (χ0n) is 12.2. The molecule has 0 saturated heterocycles. The number of carboxylic acids is 1. The molecule has 3 rings (SSSR count). The first-order valence-corrected chi connectivity index (χ1v) is 8.00. The lowest BCUT2D eigenvalue weighted by molar-refractivity contribution is -0.143. The maximum absolute atomic E-state index is 11.0. The number of fused-ring (bicyclic) bond motifs is 1. The van der Waals surface area contributed by atoms with Gasteiger partial charge in [0.2, 0.25) is 0 Å². The van der Waals surface area contributed by atoms with Crippen molar-refractivity contribution < 1.29 is 9.90 Å². The normalized spacial score (nSPS) is 21.6. The fourth-order valence-corrected chi connectivity index (χ4v) is 3.29. The van der Waals surface area contributed by atoms with Gasteiger partial charge < -0.3 is 15.4 Å². The number of hydrogen-bond acceptors (Lipinski definition) is 4. The summed E-state index contributed by atoms with van der Waals surface area (Å²) in [5.41, 5.74) is 0.972. The van der Waals surface area contributed by atoms with Crippen LogP contribution in [0.15, 0.2) is 24.3 Å². The smallest absolute Gasteiger partial charge is 0.306 e. The van der Waals surface area contributed by atoms with Gasteiger partial charge in [-0.05, 0) is 56.0 Å². The van der Waals surface area contributed by atoms with Crippen LogP contribution in [0, 0.1) is 16.6 Å². The second-order valence-electron chi connectivity index (χ2n) is 5.87. The van der Waals surface area contributed by atoms with Gasteiger partial charge in [0.15, 0.2) is 4.77 Å². The van der Waals surface area contributed by atoms with Crippen LogP contribution in [0.25, 0.3) is 10.9 Å². The number of carboxylic acid groups (broad SMARTS) is 1. The Morgan fingerprint density at radius 3 is 2.77 bits per heavy atom. The van der Waals surface area contributed by atoms with Crippen molar-refractivity contribution >= 4 is 34.9 Å². The number of aromatic nitrogens is 2. The second kappa shape index (κ2) is 6.44. The molecule has 116 valence electrons. The molecule has 22 heavy (non-hydrogen) atoms. The Kier molecular flexibility index (Phi) is 4.38. The molecule has 0 aliphatic heterocycles. The van der Waals surface area contributed by atoms with Crippen LogP contribution < -0.4 is 5.32 Å². The Hall–Kier alpha value is -1.95. The molecule has 1 saturated carbocycles. The van der Waals surface area contributed by atoms with E-state index in [1.165, 1.54) is 0 Å². The summed E-state index contributed by atoms with van der Waals surface area (Å²) in [6.45, 7) is 0.808. The third-order valence-corrected chi connectivity index (χ3v) is 4.58. The molecule has 1 aromatic carbocycles. The van der Waals surface area contributed by atoms with Crippen LogP contribution in [0.1, 0.15) is 25.7 Å². The van der Waals surface area contributed by atoms with Crippen molar-refractivity contribution in [1.29, 1.82) is 0 Å². The van der Waals surface area contributed by atoms with Gasteiger partial charge in [-0.2, -0.15) is 0 Å². The van der Waals surface area contributed by atoms with E-state index in [0.29, 0.717) is 10.7 Å². The summed E-state index contributed by atoms with van der Waals surface area (Å²) in [6, 6.07) is 7.93. The van der Waals surface area contributed by atoms with Crippen molar-refractivity contribution in [3.8, 4) is 0 Å². The fraction of sp³-hybridized carbons (Fsp3) is 0.438. The molecule has 0 radical (unpaired) electrons. The third-order valence-electron chi connectivity index (χ3n) is 4.39. The number of anilines is 1. The van der Waals surface area contributed by atoms with Gasteiger partial charge in [-0.15, -0.1) is 0 Å². The van der Waals surface area contributed by atoms with E-state index in [2.05, 4.69) is 15.3 Å². The molecule has 1 heterocycles. The highest BCUT2D eigenvalue weighted by Crippen LogP contribution is 2.29. The van der Waals surface area contributed by atoms with Crippen molar-refractivity contribution in [2.75, 3.05) is 11.9 Å². The largest absolute Gasteiger partial charge is 0.481 e. The van der Waals surface area contributed by atoms with E-state index in [9.17, 15) is 4.79 Å². The van der Waals surface area contributed by atoms with Crippen LogP contribution in [-0.4, -0.2) is 27.6 Å². The number of rotatable bonds is 4. The lowest BCUT2D eigenvalue weighted by Crippen LogP contribution is -2.25. The molecule has 0 amide bonds. The van der Waals surface area contributed by atoms with Crippen LogP contribution >= 0.6 is 12.2 Å². The number of aromatic amines is 1. The van der Waals surface area contributed by atoms with E-state index in [1.54, 1.807) is 0 Å². The molecule has 0 atom stereocenters. The van der Waals surface area contributed by atoms with E-state index < -0.39 is 5.97 Å². The first-order valence-electron chi connectivity index (χ1n) is 7.59. The number of aliphatic carboxylic acids is 1. The van der Waals surface area contributed by atoms with E-state index in [1.807, 2.05) is 24.3 Å². The highest BCUT2D eigenvalue weighted by molar-refractivity contribution is 7.71. The Morgan fingerprint density at radius 1 is 1.32 bits per heavy atom. The van der Waals surface area contributed by atoms with Crippen molar-refractivity contribution in [3.05, 3.63) is 29.0 Å². The van der Waals surface area contributed by atoms with Crippen LogP contribution in [0.4, 0.5) is 5.82 Å². The summed E-state index contributed by atoms with van der Waals surface area (Å²) in [4.78, 5) is 18.5. The second-order valence-corrected chi connectivity index (χ2v) is 6.26. The summed E-state index contributed by atoms with van der Waals surface area (Å²) < 4.78 is 0.468. The minimum absolute atomic E-state index is 0.166. The average molecular weight is 317 g/mol. The lowest BCUT2D eigenvalue weighted by Gasteiger charge is -2.26. The zero-order valence-corrected chi connectivity index (χ0v) is 13.0. The molecule has 1 fully saturated rings. The average Bonchev–Trinajstić information content (AvgIpc) is 2.52. The van der Waals surface area contributed by atoms with E-state index in [0.717, 1.165) is 48.9 Å². The minimum atomic E-state index is -0.659. The van der Waals surface area contributed by atoms with Gasteiger partial charge in [0.25, 0.3) is 0 Å². The number of benzene rings is 1. The van der Waals surface area contributed by atoms with E-state index in [-0.39, 0.29) is 5.92 Å². The van der Waals surface area contributed by atoms with Crippen LogP contribution in [0.3, 0.4) is 0 Å². The number of carbonyl (C=O) groups is 1. The Balaban J connectivity index is 1.67. The van der Waals surface area contributed by atoms with Crippen LogP contribution in [0.2, 0.25) is 0 Å². The van der Waals surface area contributed by atoms with Gasteiger partial charge in [-0.25, -0.2) is 4.98 Å². The number of para-hydroxylation sites is 1. The van der Waals surface area contributed by atoms with Gasteiger partial charge >= 0.3 is 5.97 Å². The molecule has 3 N–H and O–H groups in total. The molecule has 2 aromatic rings. The van der Waals surface area contributed by atoms with E-state index >= 15 is 0 Å². The van der Waals surface area contributed by atoms with Crippen molar-refractivity contribution in [3.63, 3.8) is 0 Å². The predicted octanol–water partition coefficient (Wildman–Crippen LogP) is 3.60. The molecule has 1 aliphatic carbocycles. The third kappa shape index (κ3) is 3.27. The molecule has 0 unspecified atom stereocenters. The number of nitrogens with zero attached hydrogens (tertiary/aromatic N) is 1. The molecule has 1 aliphatic rings. The van der Waals surface area contributed by atoms with E-state index in [4.69, 9.17) is 17.3 Å². The van der Waals surface area contributed by atoms with Gasteiger partial charge in [-0.1, -0.05) is 12.1 Å². The van der Waals surface area contributed by atoms with Crippen LogP contribution in [-0.2, 0) is 4.79 Å². The standard InChI is InChI=1S/C16H19N3O2S/c20-15(21)11-7-5-10(6-8-11)9-17-14-12-3-1-2-4-13(12)18-16(22)19-14/h1-4,10-11H,5-9H2,(H,20,21)(H2,17,18,19,22). The van der Waals surface area contributed by atoms with Crippen molar-refractivity contribution in [1.82, 2.24) is 9.97 Å². The number of hydrogen-bond donors (Lipinski definition) is 3. The summed E-state index contributed by atoms with van der Waals surface area (Å²) in [5, 5.41) is 13.5. The SMILES string of the molecule is O=C(O)C1CCC(CNc2nc(=S)[nH]c3ccccc23)CC1. The van der Waals surface area contributed by atoms with Crippen LogP contribution in [0.5, 0.6) is 0 Å². The topological polar surface area (TPSA) is 78.0 Å². The summed E-state index contributed by atoms with van der Waals surface area (Å²) in [7, 11) is 0. The van der Waals surface area contributed by atoms with Gasteiger partial charge in [-0.3, -0.25) is 4.79 Å². The zero-order chi connectivity index (χ0) is 15.5. The van der Waals surface area contributed by atoms with Gasteiger partial charge in [0.1, 0.15) is 5.82 Å². The number of H-pyrrole nitrogens is 1. The molecule has 0 spiro atoms. The quantitative estimate of drug-likeness (QED) is 0.751. The molecule has 6 heteroatoms. The molecule has 1 aromatic heterocycles. The Morgan fingerprint density at radius 2 is 2.05 bits per heavy atom. The van der Waals surface area contributed by atoms with Crippen molar-refractivity contribution in [2.45, 2.75) is 25.7 Å². The Bertz CT molecular complexity index is 735. The molecular formula is C16H19N3O2S. The maximum atomic E-state index is 11.0. The molecular weight excluding hydrogens is 298 g/mol. The Labute approximate surface area is 133 Å². The van der Waals surface area contributed by atoms with Crippen molar-refractivity contribution in [2.24, 2.45) is 11.8 Å². The molecule has 5 nitrogen and oxygen atoms in total. The molecule has 0 bridgehead atoms. The maximum Gasteiger partial charge on any atom is 0.306 e. The monoisotopic (exact) mass is 317 g/mol. The lowest BCUT2D eigenvalue weighted by atomic mass is 9.82. The fourth-order valence-electron chi connectivity index (χ4n) is 3.09. The minimum Gasteiger partial charge on any atom is -0.481 e. The predicted molar refractivity (Wildman–Crippen MR) is 88.5 cm³/mol. The number of nitrogens with one attached hydrogen (secondary N) is 2. The highest BCUT2D eigenvalue weighted by Gasteiger charge is 2.25. The van der Waals surface area contributed by atoms with Gasteiger partial charge in [0.05, 0.1) is 11.4 Å². The first-order chi connectivity index (χ1) is 10.6. The first kappa shape index (κ1) is 15.0. The highest BCUT2D eigenvalue weighted by atomic mass is 32.1. The summed E-state index contributed by atoms with van der Waals surface area (Å²) >= 11 is 5.17.